The van der Waals surface area contributed by atoms with Gasteiger partial charge in [-0.15, -0.1) is 0 Å². The van der Waals surface area contributed by atoms with Crippen molar-refractivity contribution in [3.63, 3.8) is 0 Å². The van der Waals surface area contributed by atoms with Crippen LogP contribution in [0.4, 0.5) is 4.39 Å². The number of nitrogens with one attached hydrogen (secondary N) is 2. The van der Waals surface area contributed by atoms with Gasteiger partial charge in [0.1, 0.15) is 5.82 Å². The van der Waals surface area contributed by atoms with E-state index in [0.29, 0.717) is 18.5 Å². The van der Waals surface area contributed by atoms with E-state index < -0.39 is 0 Å². The fourth-order valence-corrected chi connectivity index (χ4v) is 1.83. The molecule has 0 aliphatic carbocycles. The molecule has 0 heterocycles. The molecule has 1 aromatic carbocycles. The number of amides is 1. The summed E-state index contributed by atoms with van der Waals surface area (Å²) < 4.78 is 13.4. The Morgan fingerprint density at radius 3 is 2.61 bits per heavy atom. The van der Waals surface area contributed by atoms with Crippen LogP contribution in [-0.2, 0) is 11.2 Å². The highest BCUT2D eigenvalue weighted by Gasteiger charge is 2.15. The summed E-state index contributed by atoms with van der Waals surface area (Å²) in [5, 5.41) is 5.85. The first-order valence-corrected chi connectivity index (χ1v) is 6.23. The first-order valence-electron chi connectivity index (χ1n) is 6.23. The third-order valence-electron chi connectivity index (χ3n) is 2.83. The Hall–Kier alpha value is -1.42. The molecule has 1 amide bonds. The van der Waals surface area contributed by atoms with Crippen molar-refractivity contribution in [1.82, 2.24) is 10.6 Å². The van der Waals surface area contributed by atoms with Gasteiger partial charge in [-0.1, -0.05) is 25.1 Å². The minimum absolute atomic E-state index is 0.00631. The number of carbonyl (C=O) groups is 1. The average Bonchev–Trinajstić information content (AvgIpc) is 2.32. The normalized spacial score (nSPS) is 14.0. The number of rotatable bonds is 6. The Morgan fingerprint density at radius 2 is 2.00 bits per heavy atom. The zero-order chi connectivity index (χ0) is 13.5. The van der Waals surface area contributed by atoms with E-state index in [9.17, 15) is 9.18 Å². The molecule has 2 unspecified atom stereocenters. The zero-order valence-corrected chi connectivity index (χ0v) is 11.2. The van der Waals surface area contributed by atoms with Crippen molar-refractivity contribution in [1.29, 1.82) is 0 Å². The molecule has 0 aliphatic rings. The highest BCUT2D eigenvalue weighted by Crippen LogP contribution is 2.09. The van der Waals surface area contributed by atoms with Gasteiger partial charge in [0.25, 0.3) is 0 Å². The lowest BCUT2D eigenvalue weighted by molar-refractivity contribution is -0.124. The smallest absolute Gasteiger partial charge is 0.224 e. The monoisotopic (exact) mass is 252 g/mol. The molecule has 1 rings (SSSR count). The molecule has 4 heteroatoms. The summed E-state index contributed by atoms with van der Waals surface area (Å²) in [4.78, 5) is 11.8. The second kappa shape index (κ2) is 7.11. The number of carbonyl (C=O) groups excluding carboxylic acids is 1. The molecule has 100 valence electrons. The molecule has 1 aromatic rings. The van der Waals surface area contributed by atoms with E-state index in [-0.39, 0.29) is 23.7 Å². The lowest BCUT2D eigenvalue weighted by atomic mass is 10.1. The molecule has 0 aliphatic heterocycles. The van der Waals surface area contributed by atoms with Crippen LogP contribution in [0, 0.1) is 11.7 Å². The van der Waals surface area contributed by atoms with Gasteiger partial charge >= 0.3 is 0 Å². The van der Waals surface area contributed by atoms with Crippen LogP contribution in [0.5, 0.6) is 0 Å². The predicted octanol–water partition coefficient (Wildman–Crippen LogP) is 1.73. The average molecular weight is 252 g/mol. The standard InChI is InChI=1S/C14H21FN2O/c1-10(9-16-3)14(18)17-11(2)8-12-6-4-5-7-13(12)15/h4-7,10-11,16H,8-9H2,1-3H3,(H,17,18). The molecular weight excluding hydrogens is 231 g/mol. The molecule has 0 bridgehead atoms. The van der Waals surface area contributed by atoms with Crippen LogP contribution in [0.3, 0.4) is 0 Å². The largest absolute Gasteiger partial charge is 0.353 e. The highest BCUT2D eigenvalue weighted by molar-refractivity contribution is 5.78. The van der Waals surface area contributed by atoms with E-state index in [1.807, 2.05) is 20.9 Å². The summed E-state index contributed by atoms with van der Waals surface area (Å²) in [6, 6.07) is 6.57. The summed E-state index contributed by atoms with van der Waals surface area (Å²) >= 11 is 0. The van der Waals surface area contributed by atoms with Crippen molar-refractivity contribution in [3.8, 4) is 0 Å². The Kier molecular flexibility index (Phi) is 5.78. The maximum absolute atomic E-state index is 13.4. The quantitative estimate of drug-likeness (QED) is 0.809. The minimum atomic E-state index is -0.220. The summed E-state index contributed by atoms with van der Waals surface area (Å²) in [7, 11) is 1.81. The summed E-state index contributed by atoms with van der Waals surface area (Å²) in [5.74, 6) is -0.312. The van der Waals surface area contributed by atoms with E-state index in [4.69, 9.17) is 0 Å². The van der Waals surface area contributed by atoms with Crippen LogP contribution in [0.25, 0.3) is 0 Å². The molecule has 2 atom stereocenters. The third-order valence-corrected chi connectivity index (χ3v) is 2.83. The van der Waals surface area contributed by atoms with E-state index >= 15 is 0 Å². The second-order valence-electron chi connectivity index (χ2n) is 4.66. The van der Waals surface area contributed by atoms with Gasteiger partial charge in [0.05, 0.1) is 0 Å². The summed E-state index contributed by atoms with van der Waals surface area (Å²) in [5.41, 5.74) is 0.631. The topological polar surface area (TPSA) is 41.1 Å². The van der Waals surface area contributed by atoms with Crippen LogP contribution in [-0.4, -0.2) is 25.5 Å². The van der Waals surface area contributed by atoms with Crippen molar-refractivity contribution in [2.45, 2.75) is 26.3 Å². The first-order chi connectivity index (χ1) is 8.54. The summed E-state index contributed by atoms with van der Waals surface area (Å²) in [6.07, 6.45) is 0.505. The van der Waals surface area contributed by atoms with E-state index in [1.165, 1.54) is 6.07 Å². The van der Waals surface area contributed by atoms with Gasteiger partial charge in [0.2, 0.25) is 5.91 Å². The number of halogens is 1. The lowest BCUT2D eigenvalue weighted by Crippen LogP contribution is -2.40. The number of benzene rings is 1. The SMILES string of the molecule is CNCC(C)C(=O)NC(C)Cc1ccccc1F. The first kappa shape index (κ1) is 14.6. The fourth-order valence-electron chi connectivity index (χ4n) is 1.83. The highest BCUT2D eigenvalue weighted by atomic mass is 19.1. The van der Waals surface area contributed by atoms with Gasteiger partial charge in [-0.25, -0.2) is 4.39 Å². The predicted molar refractivity (Wildman–Crippen MR) is 70.8 cm³/mol. The molecule has 0 saturated carbocycles. The van der Waals surface area contributed by atoms with Crippen molar-refractivity contribution < 1.29 is 9.18 Å². The molecule has 0 spiro atoms. The van der Waals surface area contributed by atoms with Crippen molar-refractivity contribution >= 4 is 5.91 Å². The molecule has 2 N–H and O–H groups in total. The van der Waals surface area contributed by atoms with Crippen LogP contribution < -0.4 is 10.6 Å². The van der Waals surface area contributed by atoms with E-state index in [2.05, 4.69) is 10.6 Å². The fraction of sp³-hybridized carbons (Fsp3) is 0.500. The van der Waals surface area contributed by atoms with E-state index in [1.54, 1.807) is 18.2 Å². The van der Waals surface area contributed by atoms with Crippen LogP contribution in [0.2, 0.25) is 0 Å². The maximum atomic E-state index is 13.4. The molecule has 0 saturated heterocycles. The third kappa shape index (κ3) is 4.45. The molecule has 18 heavy (non-hydrogen) atoms. The van der Waals surface area contributed by atoms with Gasteiger partial charge in [0.15, 0.2) is 0 Å². The Labute approximate surface area is 108 Å². The van der Waals surface area contributed by atoms with E-state index in [0.717, 1.165) is 0 Å². The molecule has 0 aromatic heterocycles. The zero-order valence-electron chi connectivity index (χ0n) is 11.2. The van der Waals surface area contributed by atoms with Gasteiger partial charge in [-0.2, -0.15) is 0 Å². The summed E-state index contributed by atoms with van der Waals surface area (Å²) in [6.45, 7) is 4.39. The van der Waals surface area contributed by atoms with Crippen molar-refractivity contribution in [2.75, 3.05) is 13.6 Å². The Morgan fingerprint density at radius 1 is 1.33 bits per heavy atom. The number of hydrogen-bond acceptors (Lipinski definition) is 2. The van der Waals surface area contributed by atoms with Crippen LogP contribution in [0.1, 0.15) is 19.4 Å². The maximum Gasteiger partial charge on any atom is 0.224 e. The van der Waals surface area contributed by atoms with Gasteiger partial charge < -0.3 is 10.6 Å². The van der Waals surface area contributed by atoms with Crippen molar-refractivity contribution in [2.24, 2.45) is 5.92 Å². The van der Waals surface area contributed by atoms with Crippen LogP contribution >= 0.6 is 0 Å². The van der Waals surface area contributed by atoms with Crippen molar-refractivity contribution in [3.05, 3.63) is 35.6 Å². The lowest BCUT2D eigenvalue weighted by Gasteiger charge is -2.17. The molecule has 0 radical (unpaired) electrons. The number of hydrogen-bond donors (Lipinski definition) is 2. The van der Waals surface area contributed by atoms with Gasteiger partial charge in [-0.3, -0.25) is 4.79 Å². The minimum Gasteiger partial charge on any atom is -0.353 e. The molecule has 0 fully saturated rings. The Bertz CT molecular complexity index is 395. The van der Waals surface area contributed by atoms with Crippen LogP contribution in [0.15, 0.2) is 24.3 Å². The molecule has 3 nitrogen and oxygen atoms in total. The van der Waals surface area contributed by atoms with Gasteiger partial charge in [-0.05, 0) is 32.0 Å². The second-order valence-corrected chi connectivity index (χ2v) is 4.66. The van der Waals surface area contributed by atoms with Gasteiger partial charge in [0, 0.05) is 18.5 Å². The Balaban J connectivity index is 2.49. The molecular formula is C14H21FN2O.